The van der Waals surface area contributed by atoms with E-state index in [0.717, 1.165) is 4.90 Å². The molecule has 1 saturated heterocycles. The Balaban J connectivity index is 2.44. The summed E-state index contributed by atoms with van der Waals surface area (Å²) in [5.41, 5.74) is 0. The molecule has 0 radical (unpaired) electrons. The molecule has 0 unspecified atom stereocenters. The van der Waals surface area contributed by atoms with Gasteiger partial charge in [-0.2, -0.15) is 0 Å². The molecule has 1 amide bonds. The second-order valence-electron chi connectivity index (χ2n) is 2.05. The third kappa shape index (κ3) is 1.23. The molecule has 1 aliphatic heterocycles. The number of hydrogen-bond donors (Lipinski definition) is 0. The van der Waals surface area contributed by atoms with Crippen molar-refractivity contribution in [3.8, 4) is 0 Å². The van der Waals surface area contributed by atoms with Crippen molar-refractivity contribution in [2.24, 2.45) is 0 Å². The fraction of sp³-hybridized carbons (Fsp3) is 0.600. The average Bonchev–Trinajstić information content (AvgIpc) is 2.34. The molecule has 1 rings (SSSR count). The van der Waals surface area contributed by atoms with Crippen LogP contribution in [0.3, 0.4) is 0 Å². The van der Waals surface area contributed by atoms with E-state index in [1.807, 2.05) is 0 Å². The van der Waals surface area contributed by atoms with Gasteiger partial charge >= 0.3 is 6.09 Å². The van der Waals surface area contributed by atoms with Crippen LogP contribution in [0.5, 0.6) is 0 Å². The first-order valence-electron chi connectivity index (χ1n) is 2.83. The Morgan fingerprint density at radius 1 is 1.70 bits per heavy atom. The Kier molecular flexibility index (Phi) is 1.84. The van der Waals surface area contributed by atoms with Gasteiger partial charge in [-0.05, 0) is 0 Å². The Labute approximate surface area is 56.5 Å². The van der Waals surface area contributed by atoms with Gasteiger partial charge in [-0.15, -0.1) is 0 Å². The van der Waals surface area contributed by atoms with Gasteiger partial charge in [0.15, 0.2) is 5.78 Å². The van der Waals surface area contributed by atoms with Gasteiger partial charge in [0.25, 0.3) is 0 Å². The van der Waals surface area contributed by atoms with Crippen LogP contribution < -0.4 is 0 Å². The highest BCUT2D eigenvalue weighted by Crippen LogP contribution is 2.05. The molecule has 5 heteroatoms. The number of amides is 1. The van der Waals surface area contributed by atoms with E-state index in [0.29, 0.717) is 6.42 Å². The first-order chi connectivity index (χ1) is 4.74. The second kappa shape index (κ2) is 2.64. The smallest absolute Gasteiger partial charge is 0.298 e. The first kappa shape index (κ1) is 6.98. The molecule has 0 N–H and O–H groups in total. The summed E-state index contributed by atoms with van der Waals surface area (Å²) in [6.07, 6.45) is -0.777. The van der Waals surface area contributed by atoms with Gasteiger partial charge in [0, 0.05) is 17.5 Å². The van der Waals surface area contributed by atoms with Crippen LogP contribution in [-0.2, 0) is 9.74 Å². The lowest BCUT2D eigenvalue weighted by molar-refractivity contribution is -0.117. The zero-order chi connectivity index (χ0) is 7.56. The van der Waals surface area contributed by atoms with Crippen molar-refractivity contribution < 1.29 is 19.1 Å². The van der Waals surface area contributed by atoms with Crippen molar-refractivity contribution >= 4 is 11.9 Å². The molecule has 0 aliphatic carbocycles. The number of halogens is 1. The molecule has 1 aliphatic rings. The third-order valence-electron chi connectivity index (χ3n) is 1.35. The van der Waals surface area contributed by atoms with Crippen molar-refractivity contribution in [3.05, 3.63) is 0 Å². The van der Waals surface area contributed by atoms with Crippen LogP contribution >= 0.6 is 0 Å². The van der Waals surface area contributed by atoms with Gasteiger partial charge in [-0.3, -0.25) is 9.69 Å². The number of rotatable bonds is 0. The normalized spacial score (nSPS) is 17.7. The maximum Gasteiger partial charge on any atom is 0.447 e. The van der Waals surface area contributed by atoms with E-state index < -0.39 is 6.09 Å². The molecule has 0 spiro atoms. The van der Waals surface area contributed by atoms with Crippen molar-refractivity contribution in [2.75, 3.05) is 13.1 Å². The highest BCUT2D eigenvalue weighted by atomic mass is 19.3. The number of ketones is 1. The van der Waals surface area contributed by atoms with Crippen LogP contribution in [0.15, 0.2) is 0 Å². The van der Waals surface area contributed by atoms with E-state index in [1.54, 1.807) is 0 Å². The minimum atomic E-state index is -1.08. The summed E-state index contributed by atoms with van der Waals surface area (Å²) in [5.74, 6) is -0.0644. The molecule has 1 heterocycles. The number of likely N-dealkylation sites (tertiary alicyclic amines) is 1. The lowest BCUT2D eigenvalue weighted by Crippen LogP contribution is -2.27. The molecule has 1 fully saturated rings. The molecule has 0 aromatic heterocycles. The van der Waals surface area contributed by atoms with Crippen LogP contribution in [0.1, 0.15) is 6.42 Å². The topological polar surface area (TPSA) is 46.6 Å². The molecule has 0 saturated carbocycles. The molecule has 4 nitrogen and oxygen atoms in total. The maximum atomic E-state index is 11.2. The fourth-order valence-corrected chi connectivity index (χ4v) is 0.835. The van der Waals surface area contributed by atoms with E-state index in [9.17, 15) is 14.1 Å². The van der Waals surface area contributed by atoms with E-state index in [-0.39, 0.29) is 18.9 Å². The molecule has 0 aromatic carbocycles. The third-order valence-corrected chi connectivity index (χ3v) is 1.35. The number of hydrogen-bond acceptors (Lipinski definition) is 3. The van der Waals surface area contributed by atoms with Crippen LogP contribution in [0.25, 0.3) is 0 Å². The molecular weight excluding hydrogens is 141 g/mol. The molecular formula is C5H6FNO3. The monoisotopic (exact) mass is 147 g/mol. The Morgan fingerprint density at radius 3 is 2.80 bits per heavy atom. The predicted octanol–water partition coefficient (Wildman–Crippen LogP) is 0.282. The zero-order valence-corrected chi connectivity index (χ0v) is 5.17. The standard InChI is InChI=1S/C5H6FNO3/c6-10-5(9)7-2-1-4(8)3-7/h1-3H2. The van der Waals surface area contributed by atoms with Gasteiger partial charge < -0.3 is 0 Å². The van der Waals surface area contributed by atoms with Crippen molar-refractivity contribution in [1.82, 2.24) is 4.90 Å². The van der Waals surface area contributed by atoms with Crippen LogP contribution in [0.4, 0.5) is 9.32 Å². The van der Waals surface area contributed by atoms with Crippen LogP contribution in [0.2, 0.25) is 0 Å². The fourth-order valence-electron chi connectivity index (χ4n) is 0.835. The summed E-state index contributed by atoms with van der Waals surface area (Å²) in [6, 6.07) is 0. The minimum absolute atomic E-state index is 0.0250. The second-order valence-corrected chi connectivity index (χ2v) is 2.05. The predicted molar refractivity (Wildman–Crippen MR) is 28.8 cm³/mol. The molecule has 0 bridgehead atoms. The van der Waals surface area contributed by atoms with Gasteiger partial charge in [0.05, 0.1) is 6.54 Å². The summed E-state index contributed by atoms with van der Waals surface area (Å²) < 4.78 is 11.2. The number of carbonyl (C=O) groups excluding carboxylic acids is 2. The van der Waals surface area contributed by atoms with E-state index in [4.69, 9.17) is 0 Å². The average molecular weight is 147 g/mol. The maximum absolute atomic E-state index is 11.2. The van der Waals surface area contributed by atoms with Gasteiger partial charge in [-0.25, -0.2) is 9.74 Å². The summed E-state index contributed by atoms with van der Waals surface area (Å²) in [5, 5.41) is 0. The Morgan fingerprint density at radius 2 is 2.40 bits per heavy atom. The number of nitrogens with zero attached hydrogens (tertiary/aromatic N) is 1. The molecule has 10 heavy (non-hydrogen) atoms. The lowest BCUT2D eigenvalue weighted by Gasteiger charge is -2.07. The van der Waals surface area contributed by atoms with E-state index in [2.05, 4.69) is 4.94 Å². The quantitative estimate of drug-likeness (QED) is 0.494. The number of Topliss-reactive ketones (excluding diaryl/α,β-unsaturated/α-hetero) is 1. The van der Waals surface area contributed by atoms with Gasteiger partial charge in [0.1, 0.15) is 0 Å². The lowest BCUT2D eigenvalue weighted by atomic mass is 10.4. The summed E-state index contributed by atoms with van der Waals surface area (Å²) in [7, 11) is 0. The van der Waals surface area contributed by atoms with Crippen LogP contribution in [-0.4, -0.2) is 29.9 Å². The highest BCUT2D eigenvalue weighted by Gasteiger charge is 2.25. The summed E-state index contributed by atoms with van der Waals surface area (Å²) in [4.78, 5) is 24.8. The first-order valence-corrected chi connectivity index (χ1v) is 2.83. The summed E-state index contributed by atoms with van der Waals surface area (Å²) >= 11 is 0. The van der Waals surface area contributed by atoms with Crippen molar-refractivity contribution in [3.63, 3.8) is 0 Å². The van der Waals surface area contributed by atoms with Gasteiger partial charge in [-0.1, -0.05) is 0 Å². The van der Waals surface area contributed by atoms with Crippen molar-refractivity contribution in [1.29, 1.82) is 0 Å². The minimum Gasteiger partial charge on any atom is -0.298 e. The molecule has 0 atom stereocenters. The van der Waals surface area contributed by atoms with E-state index in [1.165, 1.54) is 0 Å². The highest BCUT2D eigenvalue weighted by molar-refractivity contribution is 5.87. The largest absolute Gasteiger partial charge is 0.447 e. The van der Waals surface area contributed by atoms with E-state index >= 15 is 0 Å². The molecule has 56 valence electrons. The number of carbonyl (C=O) groups is 2. The SMILES string of the molecule is O=C1CCN(C(=O)OF)C1. The Hall–Kier alpha value is -1.13. The van der Waals surface area contributed by atoms with Gasteiger partial charge in [0.2, 0.25) is 0 Å². The zero-order valence-electron chi connectivity index (χ0n) is 5.17. The van der Waals surface area contributed by atoms with Crippen LogP contribution in [0, 0.1) is 0 Å². The summed E-state index contributed by atoms with van der Waals surface area (Å²) in [6.45, 7) is 0.240. The molecule has 0 aromatic rings. The Bertz CT molecular complexity index is 170. The van der Waals surface area contributed by atoms with Crippen molar-refractivity contribution in [2.45, 2.75) is 6.42 Å².